The highest BCUT2D eigenvalue weighted by Crippen LogP contribution is 2.41. The van der Waals surface area contributed by atoms with Crippen molar-refractivity contribution in [2.24, 2.45) is 0 Å². The van der Waals surface area contributed by atoms with Crippen molar-refractivity contribution >= 4 is 39.4 Å². The number of aromatic nitrogens is 3. The smallest absolute Gasteiger partial charge is 0.383 e. The van der Waals surface area contributed by atoms with Gasteiger partial charge in [-0.3, -0.25) is 0 Å². The number of hydrogen-bond acceptors (Lipinski definition) is 3. The second-order valence-corrected chi connectivity index (χ2v) is 6.87. The van der Waals surface area contributed by atoms with Crippen LogP contribution in [0.4, 0.5) is 45.3 Å². The number of hydrogen-bond donors (Lipinski definition) is 1. The van der Waals surface area contributed by atoms with Crippen LogP contribution in [0.1, 0.15) is 16.8 Å². The Kier molecular flexibility index (Phi) is 4.91. The summed E-state index contributed by atoms with van der Waals surface area (Å²) in [5, 5.41) is 2.69. The third-order valence-corrected chi connectivity index (χ3v) is 4.64. The minimum Gasteiger partial charge on any atom is -0.383 e. The molecule has 4 nitrogen and oxygen atoms in total. The predicted molar refractivity (Wildman–Crippen MR) is 91.0 cm³/mol. The molecule has 2 N–H and O–H groups in total. The molecule has 156 valence electrons. The van der Waals surface area contributed by atoms with E-state index in [0.29, 0.717) is 16.8 Å². The Morgan fingerprint density at radius 2 is 1.48 bits per heavy atom. The Balaban J connectivity index is 2.31. The lowest BCUT2D eigenvalue weighted by Crippen LogP contribution is -2.13. The lowest BCUT2D eigenvalue weighted by molar-refractivity contribution is -0.144. The van der Waals surface area contributed by atoms with Gasteiger partial charge in [0, 0.05) is 3.57 Å². The van der Waals surface area contributed by atoms with Crippen molar-refractivity contribution in [3.63, 3.8) is 0 Å². The summed E-state index contributed by atoms with van der Waals surface area (Å²) in [5.41, 5.74) is 0.00283. The Hall–Kier alpha value is -2.26. The summed E-state index contributed by atoms with van der Waals surface area (Å²) in [6, 6.07) is 2.04. The zero-order chi connectivity index (χ0) is 21.9. The van der Waals surface area contributed by atoms with Gasteiger partial charge in [0.1, 0.15) is 11.5 Å². The second-order valence-electron chi connectivity index (χ2n) is 5.71. The number of nitrogens with two attached hydrogens (primary N) is 1. The normalized spacial score (nSPS) is 13.3. The molecule has 2 heterocycles. The third-order valence-electron chi connectivity index (χ3n) is 3.78. The van der Waals surface area contributed by atoms with Crippen LogP contribution in [0.3, 0.4) is 0 Å². The molecule has 0 aliphatic heterocycles. The summed E-state index contributed by atoms with van der Waals surface area (Å²) in [7, 11) is 0. The number of alkyl halides is 9. The van der Waals surface area contributed by atoms with E-state index >= 15 is 0 Å². The molecule has 0 fully saturated rings. The van der Waals surface area contributed by atoms with Crippen LogP contribution in [0.15, 0.2) is 24.3 Å². The fourth-order valence-electron chi connectivity index (χ4n) is 2.52. The monoisotopic (exact) mass is 540 g/mol. The van der Waals surface area contributed by atoms with Crippen LogP contribution < -0.4 is 5.73 Å². The first-order valence-electron chi connectivity index (χ1n) is 7.31. The van der Waals surface area contributed by atoms with Gasteiger partial charge in [-0.2, -0.15) is 39.5 Å². The van der Waals surface area contributed by atoms with E-state index in [1.165, 1.54) is 22.6 Å². The van der Waals surface area contributed by atoms with Crippen LogP contribution >= 0.6 is 22.6 Å². The zero-order valence-electron chi connectivity index (χ0n) is 13.5. The van der Waals surface area contributed by atoms with Crippen LogP contribution in [0.2, 0.25) is 0 Å². The average molecular weight is 540 g/mol. The van der Waals surface area contributed by atoms with E-state index in [9.17, 15) is 39.5 Å². The fraction of sp³-hybridized carbons (Fsp3) is 0.200. The van der Waals surface area contributed by atoms with Gasteiger partial charge in [-0.05, 0) is 46.9 Å². The van der Waals surface area contributed by atoms with E-state index in [2.05, 4.69) is 10.1 Å². The van der Waals surface area contributed by atoms with Crippen LogP contribution in [0, 0.1) is 3.57 Å². The molecule has 0 saturated carbocycles. The number of fused-ring (bicyclic) bond motifs is 1. The minimum atomic E-state index is -5.21. The maximum atomic E-state index is 13.3. The van der Waals surface area contributed by atoms with E-state index < -0.39 is 52.2 Å². The van der Waals surface area contributed by atoms with Crippen LogP contribution in [0.5, 0.6) is 0 Å². The van der Waals surface area contributed by atoms with Crippen molar-refractivity contribution in [2.45, 2.75) is 18.5 Å². The number of rotatable bonds is 1. The van der Waals surface area contributed by atoms with Gasteiger partial charge in [-0.1, -0.05) is 0 Å². The van der Waals surface area contributed by atoms with E-state index in [1.54, 1.807) is 0 Å². The fourth-order valence-corrected chi connectivity index (χ4v) is 3.26. The highest BCUT2D eigenvalue weighted by atomic mass is 127. The lowest BCUT2D eigenvalue weighted by Gasteiger charge is -2.12. The molecule has 29 heavy (non-hydrogen) atoms. The maximum absolute atomic E-state index is 13.3. The molecule has 0 radical (unpaired) electrons. The van der Waals surface area contributed by atoms with Crippen LogP contribution in [-0.2, 0) is 18.5 Å². The second kappa shape index (κ2) is 6.63. The quantitative estimate of drug-likeness (QED) is 0.320. The van der Waals surface area contributed by atoms with Gasteiger partial charge in [0.2, 0.25) is 0 Å². The zero-order valence-corrected chi connectivity index (χ0v) is 15.7. The van der Waals surface area contributed by atoms with Crippen molar-refractivity contribution in [3.8, 4) is 5.69 Å². The summed E-state index contributed by atoms with van der Waals surface area (Å²) in [5.74, 6) is -0.716. The molecule has 0 saturated heterocycles. The number of pyridine rings is 1. The first kappa shape index (κ1) is 21.4. The van der Waals surface area contributed by atoms with E-state index in [-0.39, 0.29) is 15.3 Å². The molecule has 0 amide bonds. The van der Waals surface area contributed by atoms with E-state index in [4.69, 9.17) is 5.73 Å². The molecule has 3 aromatic rings. The number of nitrogen functional groups attached to an aromatic ring is 1. The predicted octanol–water partition coefficient (Wildman–Crippen LogP) is 5.66. The van der Waals surface area contributed by atoms with Gasteiger partial charge < -0.3 is 5.73 Å². The van der Waals surface area contributed by atoms with Gasteiger partial charge in [0.25, 0.3) is 0 Å². The van der Waals surface area contributed by atoms with Crippen molar-refractivity contribution in [1.29, 1.82) is 0 Å². The first-order valence-corrected chi connectivity index (χ1v) is 8.39. The summed E-state index contributed by atoms with van der Waals surface area (Å²) >= 11 is 1.48. The molecule has 3 rings (SSSR count). The van der Waals surface area contributed by atoms with Gasteiger partial charge in [0.05, 0.1) is 22.2 Å². The molecule has 1 aromatic carbocycles. The summed E-state index contributed by atoms with van der Waals surface area (Å²) in [6.07, 6.45) is -15.1. The minimum absolute atomic E-state index is 0.0958. The Morgan fingerprint density at radius 3 is 1.97 bits per heavy atom. The molecule has 0 atom stereocenters. The Morgan fingerprint density at radius 1 is 0.862 bits per heavy atom. The van der Waals surface area contributed by atoms with Crippen molar-refractivity contribution in [1.82, 2.24) is 14.8 Å². The van der Waals surface area contributed by atoms with Crippen molar-refractivity contribution < 1.29 is 39.5 Å². The highest BCUT2D eigenvalue weighted by molar-refractivity contribution is 14.1. The van der Waals surface area contributed by atoms with Gasteiger partial charge in [0.15, 0.2) is 5.65 Å². The highest BCUT2D eigenvalue weighted by Gasteiger charge is 2.41. The number of benzene rings is 1. The molecule has 0 unspecified atom stereocenters. The van der Waals surface area contributed by atoms with Gasteiger partial charge >= 0.3 is 18.5 Å². The molecule has 2 aromatic heterocycles. The SMILES string of the molecule is Nc1c2c(C(F)(F)F)cc(C(F)(F)F)nc2nn1-c1ccc(C(F)(F)F)cc1I. The number of anilines is 1. The summed E-state index contributed by atoms with van der Waals surface area (Å²) in [6.45, 7) is 0. The van der Waals surface area contributed by atoms with Crippen molar-refractivity contribution in [3.05, 3.63) is 44.7 Å². The molecule has 0 bridgehead atoms. The van der Waals surface area contributed by atoms with Crippen LogP contribution in [0.25, 0.3) is 16.7 Å². The van der Waals surface area contributed by atoms with E-state index in [1.807, 2.05) is 0 Å². The van der Waals surface area contributed by atoms with Gasteiger partial charge in [-0.15, -0.1) is 5.10 Å². The molecular formula is C15H6F9IN4. The van der Waals surface area contributed by atoms with Crippen LogP contribution in [-0.4, -0.2) is 14.8 Å². The third kappa shape index (κ3) is 3.93. The summed E-state index contributed by atoms with van der Waals surface area (Å²) < 4.78 is 118. The first-order chi connectivity index (χ1) is 13.1. The topological polar surface area (TPSA) is 56.7 Å². The number of halogens is 10. The Labute approximate surface area is 168 Å². The molecule has 0 aliphatic carbocycles. The lowest BCUT2D eigenvalue weighted by atomic mass is 10.1. The summed E-state index contributed by atoms with van der Waals surface area (Å²) in [4.78, 5) is 3.09. The Bertz CT molecular complexity index is 1100. The largest absolute Gasteiger partial charge is 0.433 e. The molecule has 0 aliphatic rings. The molecular weight excluding hydrogens is 534 g/mol. The molecule has 0 spiro atoms. The van der Waals surface area contributed by atoms with Gasteiger partial charge in [-0.25, -0.2) is 9.67 Å². The average Bonchev–Trinajstić information content (AvgIpc) is 2.88. The maximum Gasteiger partial charge on any atom is 0.433 e. The standard InChI is InChI=1S/C15H6F9IN4/c16-13(17,18)5-1-2-8(7(25)3-5)29-11(26)10-6(14(19,20)21)4-9(15(22,23)24)27-12(10)28-29/h1-4H,26H2. The van der Waals surface area contributed by atoms with E-state index in [0.717, 1.165) is 6.07 Å². The number of nitrogens with zero attached hydrogens (tertiary/aromatic N) is 3. The molecule has 14 heteroatoms. The van der Waals surface area contributed by atoms with Crippen molar-refractivity contribution in [2.75, 3.05) is 5.73 Å².